The number of alkyl carbamates (subject to hydrolysis) is 1. The maximum Gasteiger partial charge on any atom is 0.408 e. The molecule has 1 N–H and O–H groups in total. The lowest BCUT2D eigenvalue weighted by Gasteiger charge is -2.40. The van der Waals surface area contributed by atoms with Crippen molar-refractivity contribution in [2.75, 3.05) is 7.11 Å². The molecule has 152 valence electrons. The van der Waals surface area contributed by atoms with Crippen molar-refractivity contribution in [3.8, 4) is 0 Å². The van der Waals surface area contributed by atoms with E-state index in [0.29, 0.717) is 12.8 Å². The van der Waals surface area contributed by atoms with Gasteiger partial charge in [0.15, 0.2) is 0 Å². The van der Waals surface area contributed by atoms with Crippen LogP contribution in [0.4, 0.5) is 4.79 Å². The van der Waals surface area contributed by atoms with Gasteiger partial charge < -0.3 is 19.7 Å². The van der Waals surface area contributed by atoms with Gasteiger partial charge in [0.25, 0.3) is 0 Å². The molecule has 1 aromatic carbocycles. The molecule has 7 nitrogen and oxygen atoms in total. The molecule has 4 atom stereocenters. The lowest BCUT2D eigenvalue weighted by atomic mass is 9.82. The van der Waals surface area contributed by atoms with Crippen LogP contribution in [0.15, 0.2) is 30.3 Å². The van der Waals surface area contributed by atoms with E-state index in [1.54, 1.807) is 25.7 Å². The van der Waals surface area contributed by atoms with Crippen LogP contribution in [0.2, 0.25) is 0 Å². The van der Waals surface area contributed by atoms with E-state index < -0.39 is 29.7 Å². The van der Waals surface area contributed by atoms with Crippen molar-refractivity contribution < 1.29 is 23.9 Å². The lowest BCUT2D eigenvalue weighted by Crippen LogP contribution is -2.53. The minimum absolute atomic E-state index is 0.129. The molecular formula is C21H28N2O5. The van der Waals surface area contributed by atoms with Crippen molar-refractivity contribution in [3.63, 3.8) is 0 Å². The second kappa shape index (κ2) is 7.81. The third kappa shape index (κ3) is 4.29. The number of methoxy groups -OCH3 is 1. The molecule has 2 aliphatic rings. The van der Waals surface area contributed by atoms with Gasteiger partial charge in [-0.2, -0.15) is 0 Å². The predicted octanol–water partition coefficient (Wildman–Crippen LogP) is 2.60. The number of benzene rings is 1. The van der Waals surface area contributed by atoms with Gasteiger partial charge in [-0.3, -0.25) is 4.79 Å². The monoisotopic (exact) mass is 388 g/mol. The van der Waals surface area contributed by atoms with Gasteiger partial charge in [-0.25, -0.2) is 9.59 Å². The number of carbonyl (C=O) groups excluding carboxylic acids is 3. The first-order valence-corrected chi connectivity index (χ1v) is 9.64. The van der Waals surface area contributed by atoms with Crippen LogP contribution in [-0.2, 0) is 19.1 Å². The zero-order valence-electron chi connectivity index (χ0n) is 16.8. The number of nitrogens with zero attached hydrogens (tertiary/aromatic N) is 1. The molecule has 0 bridgehead atoms. The van der Waals surface area contributed by atoms with Crippen LogP contribution in [0.1, 0.15) is 51.5 Å². The van der Waals surface area contributed by atoms with E-state index in [4.69, 9.17) is 9.47 Å². The molecule has 2 amide bonds. The number of esters is 1. The summed E-state index contributed by atoms with van der Waals surface area (Å²) in [5, 5.41) is 2.67. The number of fused-ring (bicyclic) bond motifs is 1. The number of piperidine rings is 1. The molecule has 3 rings (SSSR count). The number of hydrogen-bond donors (Lipinski definition) is 1. The zero-order chi connectivity index (χ0) is 20.5. The lowest BCUT2D eigenvalue weighted by molar-refractivity contribution is -0.155. The van der Waals surface area contributed by atoms with E-state index >= 15 is 0 Å². The van der Waals surface area contributed by atoms with Gasteiger partial charge in [0, 0.05) is 6.04 Å². The third-order valence-electron chi connectivity index (χ3n) is 5.29. The Balaban J connectivity index is 1.79. The van der Waals surface area contributed by atoms with Gasteiger partial charge >= 0.3 is 12.1 Å². The third-order valence-corrected chi connectivity index (χ3v) is 5.29. The minimum Gasteiger partial charge on any atom is -0.467 e. The number of hydrogen-bond acceptors (Lipinski definition) is 5. The van der Waals surface area contributed by atoms with Crippen molar-refractivity contribution in [3.05, 3.63) is 35.9 Å². The fourth-order valence-electron chi connectivity index (χ4n) is 4.19. The van der Waals surface area contributed by atoms with Gasteiger partial charge in [-0.1, -0.05) is 30.3 Å². The average Bonchev–Trinajstić information content (AvgIpc) is 2.95. The SMILES string of the molecule is COC(=O)[C@@H]1C[C@H](c2ccccc2)C[C@@H]2C[C@H](NC(=O)OC(C)(C)C)C(=O)N21. The van der Waals surface area contributed by atoms with Crippen molar-refractivity contribution in [1.29, 1.82) is 0 Å². The van der Waals surface area contributed by atoms with E-state index in [0.717, 1.165) is 12.0 Å². The number of carbonyl (C=O) groups is 3. The van der Waals surface area contributed by atoms with E-state index in [1.165, 1.54) is 7.11 Å². The summed E-state index contributed by atoms with van der Waals surface area (Å²) in [4.78, 5) is 39.1. The second-order valence-corrected chi connectivity index (χ2v) is 8.45. The normalized spacial score (nSPS) is 27.1. The van der Waals surface area contributed by atoms with Crippen molar-refractivity contribution in [2.45, 2.75) is 69.7 Å². The summed E-state index contributed by atoms with van der Waals surface area (Å²) in [6.07, 6.45) is 1.09. The molecule has 0 radical (unpaired) electrons. The average molecular weight is 388 g/mol. The van der Waals surface area contributed by atoms with E-state index in [9.17, 15) is 14.4 Å². The Kier molecular flexibility index (Phi) is 5.63. The highest BCUT2D eigenvalue weighted by atomic mass is 16.6. The highest BCUT2D eigenvalue weighted by molar-refractivity contribution is 5.92. The quantitative estimate of drug-likeness (QED) is 0.805. The fourth-order valence-corrected chi connectivity index (χ4v) is 4.19. The molecule has 7 heteroatoms. The maximum absolute atomic E-state index is 13.0. The molecule has 2 aliphatic heterocycles. The molecule has 0 saturated carbocycles. The standard InChI is InChI=1S/C21H28N2O5/c1-21(2,3)28-20(26)22-16-12-15-10-14(13-8-6-5-7-9-13)11-17(19(25)27-4)23(15)18(16)24/h5-9,14-17H,10-12H2,1-4H3,(H,22,26)/t14-,15-,16+,17+/m1/s1. The van der Waals surface area contributed by atoms with E-state index in [-0.39, 0.29) is 17.9 Å². The molecule has 0 aromatic heterocycles. The maximum atomic E-state index is 13.0. The van der Waals surface area contributed by atoms with Crippen LogP contribution in [0.5, 0.6) is 0 Å². The Morgan fingerprint density at radius 3 is 2.39 bits per heavy atom. The Morgan fingerprint density at radius 2 is 1.79 bits per heavy atom. The predicted molar refractivity (Wildman–Crippen MR) is 103 cm³/mol. The molecule has 0 unspecified atom stereocenters. The Hall–Kier alpha value is -2.57. The summed E-state index contributed by atoms with van der Waals surface area (Å²) in [6, 6.07) is 8.52. The Bertz CT molecular complexity index is 743. The molecule has 0 aliphatic carbocycles. The number of amides is 2. The van der Waals surface area contributed by atoms with E-state index in [2.05, 4.69) is 5.32 Å². The molecular weight excluding hydrogens is 360 g/mol. The van der Waals surface area contributed by atoms with Gasteiger partial charge in [0.1, 0.15) is 17.7 Å². The first kappa shape index (κ1) is 20.2. The highest BCUT2D eigenvalue weighted by Gasteiger charge is 2.50. The van der Waals surface area contributed by atoms with E-state index in [1.807, 2.05) is 30.3 Å². The Morgan fingerprint density at radius 1 is 1.11 bits per heavy atom. The largest absolute Gasteiger partial charge is 0.467 e. The number of ether oxygens (including phenoxy) is 2. The smallest absolute Gasteiger partial charge is 0.408 e. The van der Waals surface area contributed by atoms with Gasteiger partial charge in [0.2, 0.25) is 5.91 Å². The van der Waals surface area contributed by atoms with Crippen LogP contribution >= 0.6 is 0 Å². The van der Waals surface area contributed by atoms with Crippen molar-refractivity contribution in [2.24, 2.45) is 0 Å². The zero-order valence-corrected chi connectivity index (χ0v) is 16.8. The Labute approximate surface area is 165 Å². The first-order chi connectivity index (χ1) is 13.2. The summed E-state index contributed by atoms with van der Waals surface area (Å²) in [5.41, 5.74) is 0.498. The summed E-state index contributed by atoms with van der Waals surface area (Å²) in [5.74, 6) is -0.519. The molecule has 28 heavy (non-hydrogen) atoms. The molecule has 2 heterocycles. The van der Waals surface area contributed by atoms with Crippen LogP contribution < -0.4 is 5.32 Å². The van der Waals surface area contributed by atoms with Gasteiger partial charge in [-0.05, 0) is 51.5 Å². The minimum atomic E-state index is -0.693. The van der Waals surface area contributed by atoms with Crippen molar-refractivity contribution >= 4 is 18.0 Å². The van der Waals surface area contributed by atoms with Crippen LogP contribution in [0.25, 0.3) is 0 Å². The summed E-state index contributed by atoms with van der Waals surface area (Å²) in [7, 11) is 1.33. The summed E-state index contributed by atoms with van der Waals surface area (Å²) >= 11 is 0. The van der Waals surface area contributed by atoms with Crippen LogP contribution in [0.3, 0.4) is 0 Å². The van der Waals surface area contributed by atoms with Crippen LogP contribution in [-0.4, -0.2) is 53.7 Å². The first-order valence-electron chi connectivity index (χ1n) is 9.64. The summed E-state index contributed by atoms with van der Waals surface area (Å²) < 4.78 is 10.2. The fraction of sp³-hybridized carbons (Fsp3) is 0.571. The summed E-state index contributed by atoms with van der Waals surface area (Å²) in [6.45, 7) is 5.30. The van der Waals surface area contributed by atoms with Gasteiger partial charge in [-0.15, -0.1) is 0 Å². The second-order valence-electron chi connectivity index (χ2n) is 8.45. The van der Waals surface area contributed by atoms with Crippen LogP contribution in [0, 0.1) is 0 Å². The molecule has 1 aromatic rings. The topological polar surface area (TPSA) is 84.9 Å². The molecule has 0 spiro atoms. The molecule has 2 saturated heterocycles. The van der Waals surface area contributed by atoms with Crippen molar-refractivity contribution in [1.82, 2.24) is 10.2 Å². The molecule has 2 fully saturated rings. The van der Waals surface area contributed by atoms with Gasteiger partial charge in [0.05, 0.1) is 7.11 Å². The highest BCUT2D eigenvalue weighted by Crippen LogP contribution is 2.40. The number of nitrogens with one attached hydrogen (secondary N) is 1. The number of rotatable bonds is 3.